The van der Waals surface area contributed by atoms with Crippen molar-refractivity contribution < 1.29 is 27.2 Å². The van der Waals surface area contributed by atoms with Gasteiger partial charge in [0.25, 0.3) is 11.5 Å². The topological polar surface area (TPSA) is 66.8 Å². The number of carbonyl (C=O) groups excluding carboxylic acids is 1. The molecule has 1 aromatic carbocycles. The number of thiazole rings is 1. The van der Waals surface area contributed by atoms with Gasteiger partial charge in [0.05, 0.1) is 34.4 Å². The minimum atomic E-state index is -4.88. The van der Waals surface area contributed by atoms with Crippen molar-refractivity contribution in [3.8, 4) is 0 Å². The summed E-state index contributed by atoms with van der Waals surface area (Å²) in [5.74, 6) is -1.15. The van der Waals surface area contributed by atoms with Gasteiger partial charge in [-0.1, -0.05) is 28.4 Å². The molecule has 2 aliphatic heterocycles. The number of hydrogen-bond acceptors (Lipinski definition) is 7. The van der Waals surface area contributed by atoms with Crippen molar-refractivity contribution in [3.05, 3.63) is 71.0 Å². The Labute approximate surface area is 220 Å². The Morgan fingerprint density at radius 2 is 2.00 bits per heavy atom. The van der Waals surface area contributed by atoms with Crippen LogP contribution in [0.3, 0.4) is 0 Å². The molecule has 0 fully saturated rings. The summed E-state index contributed by atoms with van der Waals surface area (Å²) in [4.78, 5) is 24.9. The zero-order valence-corrected chi connectivity index (χ0v) is 21.5. The van der Waals surface area contributed by atoms with E-state index in [1.165, 1.54) is 22.7 Å². The van der Waals surface area contributed by atoms with Crippen LogP contribution in [0.2, 0.25) is 10.0 Å². The van der Waals surface area contributed by atoms with Crippen LogP contribution < -0.4 is 5.32 Å². The minimum Gasteiger partial charge on any atom is -0.372 e. The van der Waals surface area contributed by atoms with Crippen LogP contribution in [0.5, 0.6) is 0 Å². The number of amides is 1. The number of alkyl halides is 3. The van der Waals surface area contributed by atoms with Gasteiger partial charge in [0.15, 0.2) is 5.82 Å². The van der Waals surface area contributed by atoms with Crippen molar-refractivity contribution in [2.75, 3.05) is 0 Å². The molecule has 1 amide bonds. The summed E-state index contributed by atoms with van der Waals surface area (Å²) in [5, 5.41) is 8.13. The molecule has 1 atom stereocenters. The zero-order chi connectivity index (χ0) is 25.8. The molecule has 0 saturated carbocycles. The quantitative estimate of drug-likeness (QED) is 0.287. The Morgan fingerprint density at radius 3 is 2.61 bits per heavy atom. The maximum atomic E-state index is 14.3. The van der Waals surface area contributed by atoms with E-state index in [0.717, 1.165) is 33.1 Å². The molecule has 0 aliphatic carbocycles. The fraction of sp³-hybridized carbons (Fsp3) is 0.318. The van der Waals surface area contributed by atoms with Crippen molar-refractivity contribution in [3.63, 3.8) is 0 Å². The summed E-state index contributed by atoms with van der Waals surface area (Å²) in [6.45, 7) is 2.68. The van der Waals surface area contributed by atoms with Crippen molar-refractivity contribution in [2.45, 2.75) is 44.8 Å². The first-order valence-corrected chi connectivity index (χ1v) is 12.9. The van der Waals surface area contributed by atoms with Gasteiger partial charge in [0.2, 0.25) is 0 Å². The third-order valence-electron chi connectivity index (χ3n) is 6.12. The van der Waals surface area contributed by atoms with Crippen LogP contribution in [0.15, 0.2) is 28.9 Å². The highest BCUT2D eigenvalue weighted by atomic mass is 35.5. The smallest absolute Gasteiger partial charge is 0.372 e. The monoisotopic (exact) mass is 578 g/mol. The lowest BCUT2D eigenvalue weighted by atomic mass is 9.89. The summed E-state index contributed by atoms with van der Waals surface area (Å²) < 4.78 is 56.7. The van der Waals surface area contributed by atoms with Crippen LogP contribution in [0.1, 0.15) is 42.7 Å². The average Bonchev–Trinajstić information content (AvgIpc) is 3.60. The molecule has 2 aromatic heterocycles. The number of aromatic nitrogens is 1. The predicted octanol–water partition coefficient (Wildman–Crippen LogP) is 6.40. The Bertz CT molecular complexity index is 1350. The highest BCUT2D eigenvalue weighted by molar-refractivity contribution is 7.14. The van der Waals surface area contributed by atoms with Crippen molar-refractivity contribution in [2.24, 2.45) is 5.16 Å². The number of hydrogen-bond donors (Lipinski definition) is 1. The van der Waals surface area contributed by atoms with E-state index in [2.05, 4.69) is 15.5 Å². The van der Waals surface area contributed by atoms with E-state index in [9.17, 15) is 22.4 Å². The van der Waals surface area contributed by atoms with E-state index in [1.807, 2.05) is 12.3 Å². The van der Waals surface area contributed by atoms with Crippen molar-refractivity contribution >= 4 is 57.6 Å². The predicted molar refractivity (Wildman–Crippen MR) is 129 cm³/mol. The van der Waals surface area contributed by atoms with Crippen LogP contribution >= 0.6 is 45.9 Å². The number of amidine groups is 1. The molecule has 0 bridgehead atoms. The summed E-state index contributed by atoms with van der Waals surface area (Å²) >= 11 is 14.3. The van der Waals surface area contributed by atoms with Gasteiger partial charge in [-0.3, -0.25) is 4.79 Å². The van der Waals surface area contributed by atoms with E-state index in [0.29, 0.717) is 11.4 Å². The number of oxime groups is 1. The van der Waals surface area contributed by atoms with Crippen molar-refractivity contribution in [1.29, 1.82) is 0 Å². The van der Waals surface area contributed by atoms with Gasteiger partial charge in [-0.25, -0.2) is 9.37 Å². The summed E-state index contributed by atoms with van der Waals surface area (Å²) in [5.41, 5.74) is -1.64. The molecule has 1 N–H and O–H groups in total. The van der Waals surface area contributed by atoms with Crippen LogP contribution in [-0.4, -0.2) is 27.8 Å². The molecule has 1 unspecified atom stereocenters. The van der Waals surface area contributed by atoms with Crippen molar-refractivity contribution in [1.82, 2.24) is 15.2 Å². The first-order chi connectivity index (χ1) is 17.0. The molecular weight excluding hydrogens is 563 g/mol. The molecule has 190 valence electrons. The number of nitrogens with one attached hydrogen (secondary N) is 1. The number of halogens is 6. The number of fused-ring (bicyclic) bond motifs is 1. The van der Waals surface area contributed by atoms with E-state index in [1.54, 1.807) is 11.1 Å². The highest BCUT2D eigenvalue weighted by Crippen LogP contribution is 2.50. The molecular formula is C22H16Cl2F4N4O2S2. The third-order valence-corrected chi connectivity index (χ3v) is 8.76. The Morgan fingerprint density at radius 1 is 1.28 bits per heavy atom. The molecule has 5 rings (SSSR count). The van der Waals surface area contributed by atoms with Gasteiger partial charge >= 0.3 is 6.18 Å². The standard InChI is InChI=1S/C22H16Cl2F4N4O2S2/c1-10-12-8-32(9-15(12)36-19(10)20(33)30-7-17-29-2-3-35-17)16-6-21(34-31-16,22(26,27)28)11-4-13(23)18(25)14(24)5-11/h2-5H,6-9H2,1H3,(H,30,33). The molecule has 3 aromatic rings. The van der Waals surface area contributed by atoms with Gasteiger partial charge in [0, 0.05) is 28.6 Å². The molecule has 14 heteroatoms. The first-order valence-electron chi connectivity index (χ1n) is 10.5. The maximum absolute atomic E-state index is 14.3. The number of benzene rings is 1. The number of rotatable bonds is 4. The summed E-state index contributed by atoms with van der Waals surface area (Å²) in [6.07, 6.45) is -3.86. The van der Waals surface area contributed by atoms with E-state index in [4.69, 9.17) is 28.0 Å². The fourth-order valence-electron chi connectivity index (χ4n) is 4.18. The van der Waals surface area contributed by atoms with Gasteiger partial charge in [-0.05, 0) is 30.2 Å². The summed E-state index contributed by atoms with van der Waals surface area (Å²) in [7, 11) is 0. The second-order valence-corrected chi connectivity index (χ2v) is 11.2. The maximum Gasteiger partial charge on any atom is 0.435 e. The normalized spacial score (nSPS) is 19.3. The largest absolute Gasteiger partial charge is 0.435 e. The van der Waals surface area contributed by atoms with Gasteiger partial charge in [0.1, 0.15) is 10.8 Å². The second-order valence-electron chi connectivity index (χ2n) is 8.28. The molecule has 0 saturated heterocycles. The van der Waals surface area contributed by atoms with E-state index >= 15 is 0 Å². The summed E-state index contributed by atoms with van der Waals surface area (Å²) in [6, 6.07) is 1.71. The molecule has 36 heavy (non-hydrogen) atoms. The molecule has 0 radical (unpaired) electrons. The van der Waals surface area contributed by atoms with Crippen LogP contribution in [0.4, 0.5) is 17.6 Å². The number of nitrogens with zero attached hydrogens (tertiary/aromatic N) is 3. The van der Waals surface area contributed by atoms with Gasteiger partial charge < -0.3 is 15.1 Å². The van der Waals surface area contributed by atoms with Gasteiger partial charge in [-0.2, -0.15) is 13.2 Å². The average molecular weight is 579 g/mol. The molecule has 4 heterocycles. The van der Waals surface area contributed by atoms with Crippen LogP contribution in [0, 0.1) is 12.7 Å². The molecule has 0 spiro atoms. The highest BCUT2D eigenvalue weighted by Gasteiger charge is 2.63. The van der Waals surface area contributed by atoms with Crippen LogP contribution in [-0.2, 0) is 30.1 Å². The molecule has 2 aliphatic rings. The van der Waals surface area contributed by atoms with E-state index < -0.39 is 39.6 Å². The van der Waals surface area contributed by atoms with Gasteiger partial charge in [-0.15, -0.1) is 22.7 Å². The lowest BCUT2D eigenvalue weighted by Gasteiger charge is -2.30. The second kappa shape index (κ2) is 9.16. The Hall–Kier alpha value is -2.41. The lowest BCUT2D eigenvalue weighted by Crippen LogP contribution is -2.44. The number of thiophene rings is 1. The van der Waals surface area contributed by atoms with E-state index in [-0.39, 0.29) is 24.8 Å². The molecule has 6 nitrogen and oxygen atoms in total. The Kier molecular flexibility index (Phi) is 6.42. The minimum absolute atomic E-state index is 0.0847. The lowest BCUT2D eigenvalue weighted by molar-refractivity contribution is -0.275. The SMILES string of the molecule is Cc1c(C(=O)NCc2nccs2)sc2c1CN(C1=NOC(c3cc(Cl)c(F)c(Cl)c3)(C(F)(F)F)C1)C2. The fourth-order valence-corrected chi connectivity index (χ4v) is 6.48. The van der Waals surface area contributed by atoms with Crippen LogP contribution in [0.25, 0.3) is 0 Å². The number of carbonyl (C=O) groups is 1. The Balaban J connectivity index is 1.33. The zero-order valence-electron chi connectivity index (χ0n) is 18.4. The third kappa shape index (κ3) is 4.23. The first kappa shape index (κ1) is 25.2.